The monoisotopic (exact) mass is 342 g/mol. The molecular weight excluding hydrogens is 314 g/mol. The molecule has 0 spiro atoms. The molecule has 0 aliphatic rings. The van der Waals surface area contributed by atoms with Gasteiger partial charge in [0, 0.05) is 17.8 Å². The molecule has 0 heterocycles. The lowest BCUT2D eigenvalue weighted by Gasteiger charge is -2.15. The zero-order chi connectivity index (χ0) is 17.4. The van der Waals surface area contributed by atoms with E-state index in [4.69, 9.17) is 12.2 Å². The van der Waals surface area contributed by atoms with Crippen LogP contribution in [0.25, 0.3) is 0 Å². The van der Waals surface area contributed by atoms with Crippen molar-refractivity contribution in [2.24, 2.45) is 0 Å². The molecule has 0 saturated carbocycles. The van der Waals surface area contributed by atoms with Gasteiger partial charge in [0.15, 0.2) is 5.11 Å². The normalized spacial score (nSPS) is 10.7. The third-order valence-electron chi connectivity index (χ3n) is 4.24. The van der Waals surface area contributed by atoms with Crippen LogP contribution in [-0.4, -0.2) is 18.2 Å². The molecule has 3 nitrogen and oxygen atoms in total. The number of rotatable bonds is 7. The van der Waals surface area contributed by atoms with E-state index in [0.717, 1.165) is 18.8 Å². The van der Waals surface area contributed by atoms with E-state index in [1.165, 1.54) is 29.8 Å². The fourth-order valence-electron chi connectivity index (χ4n) is 2.56. The van der Waals surface area contributed by atoms with Gasteiger partial charge in [-0.3, -0.25) is 0 Å². The standard InChI is InChI=1S/C20H27N3S/c1-4-23(5-2)15-18-10-8-17(9-11-18)14-21-20(24)22-19-12-6-16(3)7-13-19/h6-13H,4-5,14-15H2,1-3H3,(H2,21,22,24)/p+1. The number of benzene rings is 2. The van der Waals surface area contributed by atoms with Gasteiger partial charge in [-0.15, -0.1) is 0 Å². The number of aryl methyl sites for hydroxylation is 1. The molecular formula is C20H28N3S+. The summed E-state index contributed by atoms with van der Waals surface area (Å²) >= 11 is 5.36. The maximum Gasteiger partial charge on any atom is 0.171 e. The number of nitrogens with one attached hydrogen (secondary N) is 3. The third kappa shape index (κ3) is 5.95. The first-order valence-corrected chi connectivity index (χ1v) is 9.04. The molecule has 2 rings (SSSR count). The number of hydrogen-bond donors (Lipinski definition) is 3. The molecule has 0 aliphatic heterocycles. The molecule has 0 aliphatic carbocycles. The zero-order valence-corrected chi connectivity index (χ0v) is 15.7. The van der Waals surface area contributed by atoms with E-state index in [2.05, 4.69) is 67.8 Å². The van der Waals surface area contributed by atoms with E-state index < -0.39 is 0 Å². The SMILES string of the molecule is CC[NH+](CC)Cc1ccc(CNC(=S)Nc2ccc(C)cc2)cc1. The molecule has 0 unspecified atom stereocenters. The van der Waals surface area contributed by atoms with Crippen LogP contribution in [0.15, 0.2) is 48.5 Å². The van der Waals surface area contributed by atoms with Crippen LogP contribution in [0, 0.1) is 6.92 Å². The number of hydrogen-bond acceptors (Lipinski definition) is 1. The summed E-state index contributed by atoms with van der Waals surface area (Å²) in [5.41, 5.74) is 4.88. The van der Waals surface area contributed by atoms with Gasteiger partial charge >= 0.3 is 0 Å². The second-order valence-electron chi connectivity index (χ2n) is 6.12. The van der Waals surface area contributed by atoms with Gasteiger partial charge in [0.05, 0.1) is 13.1 Å². The average molecular weight is 343 g/mol. The molecule has 0 amide bonds. The summed E-state index contributed by atoms with van der Waals surface area (Å²) in [4.78, 5) is 1.60. The molecule has 3 N–H and O–H groups in total. The van der Waals surface area contributed by atoms with Crippen LogP contribution < -0.4 is 15.5 Å². The van der Waals surface area contributed by atoms with Crippen molar-refractivity contribution in [3.05, 3.63) is 65.2 Å². The van der Waals surface area contributed by atoms with Crippen LogP contribution >= 0.6 is 12.2 Å². The van der Waals surface area contributed by atoms with Crippen molar-refractivity contribution in [3.63, 3.8) is 0 Å². The minimum Gasteiger partial charge on any atom is -0.358 e. The Morgan fingerprint density at radius 2 is 1.50 bits per heavy atom. The summed E-state index contributed by atoms with van der Waals surface area (Å²) in [5, 5.41) is 7.12. The Bertz CT molecular complexity index is 631. The molecule has 0 aromatic heterocycles. The number of quaternary nitrogens is 1. The molecule has 4 heteroatoms. The third-order valence-corrected chi connectivity index (χ3v) is 4.49. The number of anilines is 1. The first kappa shape index (κ1) is 18.4. The van der Waals surface area contributed by atoms with Crippen molar-refractivity contribution in [1.82, 2.24) is 5.32 Å². The number of thiocarbonyl (C=S) groups is 1. The van der Waals surface area contributed by atoms with Gasteiger partial charge in [-0.2, -0.15) is 0 Å². The van der Waals surface area contributed by atoms with Gasteiger partial charge in [0.25, 0.3) is 0 Å². The van der Waals surface area contributed by atoms with Gasteiger partial charge in [0.2, 0.25) is 0 Å². The Balaban J connectivity index is 1.81. The van der Waals surface area contributed by atoms with Crippen LogP contribution in [0.2, 0.25) is 0 Å². The minimum absolute atomic E-state index is 0.649. The van der Waals surface area contributed by atoms with Crippen molar-refractivity contribution in [2.45, 2.75) is 33.9 Å². The summed E-state index contributed by atoms with van der Waals surface area (Å²) in [6, 6.07) is 17.0. The van der Waals surface area contributed by atoms with E-state index in [9.17, 15) is 0 Å². The highest BCUT2D eigenvalue weighted by Crippen LogP contribution is 2.08. The van der Waals surface area contributed by atoms with Crippen LogP contribution in [0.5, 0.6) is 0 Å². The fourth-order valence-corrected chi connectivity index (χ4v) is 2.75. The maximum absolute atomic E-state index is 5.36. The first-order chi connectivity index (χ1) is 11.6. The largest absolute Gasteiger partial charge is 0.358 e. The lowest BCUT2D eigenvalue weighted by molar-refractivity contribution is -0.910. The Hall–Kier alpha value is -1.91. The molecule has 0 fully saturated rings. The van der Waals surface area contributed by atoms with Gasteiger partial charge in [-0.05, 0) is 50.7 Å². The topological polar surface area (TPSA) is 28.5 Å². The van der Waals surface area contributed by atoms with Crippen molar-refractivity contribution in [2.75, 3.05) is 18.4 Å². The quantitative estimate of drug-likeness (QED) is 0.676. The average Bonchev–Trinajstić information content (AvgIpc) is 2.61. The lowest BCUT2D eigenvalue weighted by atomic mass is 10.1. The molecule has 0 bridgehead atoms. The molecule has 24 heavy (non-hydrogen) atoms. The summed E-state index contributed by atoms with van der Waals surface area (Å²) in [5.74, 6) is 0. The Kier molecular flexibility index (Phi) is 7.22. The predicted octanol–water partition coefficient (Wildman–Crippen LogP) is 2.91. The Labute approximate surface area is 151 Å². The molecule has 2 aromatic carbocycles. The zero-order valence-electron chi connectivity index (χ0n) is 14.9. The van der Waals surface area contributed by atoms with Crippen LogP contribution in [0.3, 0.4) is 0 Å². The second kappa shape index (κ2) is 9.40. The smallest absolute Gasteiger partial charge is 0.171 e. The van der Waals surface area contributed by atoms with Gasteiger partial charge in [0.1, 0.15) is 6.54 Å². The van der Waals surface area contributed by atoms with Crippen molar-refractivity contribution in [1.29, 1.82) is 0 Å². The van der Waals surface area contributed by atoms with Crippen molar-refractivity contribution in [3.8, 4) is 0 Å². The Morgan fingerprint density at radius 3 is 2.08 bits per heavy atom. The van der Waals surface area contributed by atoms with E-state index in [-0.39, 0.29) is 0 Å². The minimum atomic E-state index is 0.649. The lowest BCUT2D eigenvalue weighted by Crippen LogP contribution is -3.10. The highest BCUT2D eigenvalue weighted by molar-refractivity contribution is 7.80. The molecule has 0 atom stereocenters. The van der Waals surface area contributed by atoms with Gasteiger partial charge < -0.3 is 15.5 Å². The predicted molar refractivity (Wildman–Crippen MR) is 106 cm³/mol. The van der Waals surface area contributed by atoms with E-state index in [1.807, 2.05) is 12.1 Å². The fraction of sp³-hybridized carbons (Fsp3) is 0.350. The van der Waals surface area contributed by atoms with Gasteiger partial charge in [-0.25, -0.2) is 0 Å². The Morgan fingerprint density at radius 1 is 0.917 bits per heavy atom. The maximum atomic E-state index is 5.36. The highest BCUT2D eigenvalue weighted by atomic mass is 32.1. The van der Waals surface area contributed by atoms with Crippen molar-refractivity contribution >= 4 is 23.0 Å². The van der Waals surface area contributed by atoms with Crippen molar-refractivity contribution < 1.29 is 4.90 Å². The van der Waals surface area contributed by atoms with Crippen LogP contribution in [-0.2, 0) is 13.1 Å². The van der Waals surface area contributed by atoms with E-state index >= 15 is 0 Å². The van der Waals surface area contributed by atoms with Crippen LogP contribution in [0.1, 0.15) is 30.5 Å². The summed E-state index contributed by atoms with van der Waals surface area (Å²) < 4.78 is 0. The summed E-state index contributed by atoms with van der Waals surface area (Å²) in [6.45, 7) is 10.7. The molecule has 0 saturated heterocycles. The first-order valence-electron chi connectivity index (χ1n) is 8.63. The molecule has 128 valence electrons. The van der Waals surface area contributed by atoms with E-state index in [0.29, 0.717) is 5.11 Å². The van der Waals surface area contributed by atoms with Gasteiger partial charge in [-0.1, -0.05) is 42.0 Å². The highest BCUT2D eigenvalue weighted by Gasteiger charge is 2.04. The van der Waals surface area contributed by atoms with Crippen LogP contribution in [0.4, 0.5) is 5.69 Å². The summed E-state index contributed by atoms with van der Waals surface area (Å²) in [6.07, 6.45) is 0. The molecule has 0 radical (unpaired) electrons. The molecule has 2 aromatic rings. The summed E-state index contributed by atoms with van der Waals surface area (Å²) in [7, 11) is 0. The second-order valence-corrected chi connectivity index (χ2v) is 6.53. The van der Waals surface area contributed by atoms with E-state index in [1.54, 1.807) is 4.90 Å².